The average Bonchev–Trinajstić information content (AvgIpc) is 2.47. The Labute approximate surface area is 133 Å². The molecular formula is C14H11Cl2NO3S. The summed E-state index contributed by atoms with van der Waals surface area (Å²) in [5.41, 5.74) is 0.587. The van der Waals surface area contributed by atoms with Crippen LogP contribution in [0.3, 0.4) is 0 Å². The zero-order valence-corrected chi connectivity index (χ0v) is 13.3. The van der Waals surface area contributed by atoms with Crippen LogP contribution in [0.4, 0.5) is 5.69 Å². The summed E-state index contributed by atoms with van der Waals surface area (Å²) in [7, 11) is -2.36. The molecule has 7 heteroatoms. The summed E-state index contributed by atoms with van der Waals surface area (Å²) in [5.74, 6) is 0. The van der Waals surface area contributed by atoms with Crippen molar-refractivity contribution >= 4 is 44.2 Å². The first-order valence-electron chi connectivity index (χ1n) is 5.87. The van der Waals surface area contributed by atoms with E-state index >= 15 is 0 Å². The van der Waals surface area contributed by atoms with Gasteiger partial charge in [0.2, 0.25) is 0 Å². The van der Waals surface area contributed by atoms with E-state index in [0.717, 1.165) is 4.31 Å². The van der Waals surface area contributed by atoms with Crippen LogP contribution in [0.5, 0.6) is 0 Å². The van der Waals surface area contributed by atoms with Crippen LogP contribution in [0.15, 0.2) is 53.4 Å². The quantitative estimate of drug-likeness (QED) is 0.797. The maximum absolute atomic E-state index is 12.5. The summed E-state index contributed by atoms with van der Waals surface area (Å²) in [5, 5.41) is -0.194. The van der Waals surface area contributed by atoms with Gasteiger partial charge in [0.15, 0.2) is 0 Å². The van der Waals surface area contributed by atoms with Crippen LogP contribution in [0.25, 0.3) is 0 Å². The van der Waals surface area contributed by atoms with Crippen LogP contribution in [0.2, 0.25) is 5.02 Å². The molecule has 0 aliphatic rings. The monoisotopic (exact) mass is 343 g/mol. The van der Waals surface area contributed by atoms with Gasteiger partial charge in [0.25, 0.3) is 15.3 Å². The van der Waals surface area contributed by atoms with E-state index in [2.05, 4.69) is 0 Å². The molecule has 0 bridgehead atoms. The second kappa shape index (κ2) is 6.05. The molecule has 0 amide bonds. The van der Waals surface area contributed by atoms with Gasteiger partial charge in [-0.15, -0.1) is 0 Å². The zero-order chi connectivity index (χ0) is 15.6. The number of hydrogen-bond acceptors (Lipinski definition) is 3. The minimum Gasteiger partial charge on any atom is -0.276 e. The van der Waals surface area contributed by atoms with Gasteiger partial charge < -0.3 is 0 Å². The van der Waals surface area contributed by atoms with Gasteiger partial charge >= 0.3 is 0 Å². The third-order valence-corrected chi connectivity index (χ3v) is 5.16. The molecule has 0 fully saturated rings. The van der Waals surface area contributed by atoms with E-state index in [0.29, 0.717) is 10.7 Å². The van der Waals surface area contributed by atoms with E-state index < -0.39 is 15.3 Å². The van der Waals surface area contributed by atoms with E-state index in [9.17, 15) is 13.2 Å². The Morgan fingerprint density at radius 3 is 2.29 bits per heavy atom. The second-order valence-corrected chi connectivity index (χ2v) is 7.00. The molecule has 2 aromatic carbocycles. The maximum Gasteiger partial charge on any atom is 0.264 e. The van der Waals surface area contributed by atoms with Gasteiger partial charge in [0.1, 0.15) is 0 Å². The highest BCUT2D eigenvalue weighted by Gasteiger charge is 2.22. The Morgan fingerprint density at radius 2 is 1.71 bits per heavy atom. The predicted molar refractivity (Wildman–Crippen MR) is 83.7 cm³/mol. The number of sulfonamides is 1. The minimum atomic E-state index is -3.78. The molecule has 0 radical (unpaired) electrons. The molecule has 0 saturated carbocycles. The lowest BCUT2D eigenvalue weighted by molar-refractivity contribution is 0.108. The van der Waals surface area contributed by atoms with Crippen LogP contribution in [-0.2, 0) is 10.0 Å². The van der Waals surface area contributed by atoms with Crippen LogP contribution < -0.4 is 4.31 Å². The van der Waals surface area contributed by atoms with Gasteiger partial charge in [-0.3, -0.25) is 9.10 Å². The number of carbonyl (C=O) groups excluding carboxylic acids is 1. The van der Waals surface area contributed by atoms with Gasteiger partial charge in [0.05, 0.1) is 10.6 Å². The van der Waals surface area contributed by atoms with Gasteiger partial charge in [-0.1, -0.05) is 23.7 Å². The minimum absolute atomic E-state index is 0.00792. The van der Waals surface area contributed by atoms with Crippen molar-refractivity contribution in [3.05, 3.63) is 59.1 Å². The highest BCUT2D eigenvalue weighted by molar-refractivity contribution is 7.92. The molecule has 0 spiro atoms. The molecule has 0 unspecified atom stereocenters. The molecule has 0 saturated heterocycles. The number of carbonyl (C=O) groups is 1. The van der Waals surface area contributed by atoms with E-state index in [4.69, 9.17) is 23.2 Å². The highest BCUT2D eigenvalue weighted by Crippen LogP contribution is 2.24. The third-order valence-electron chi connectivity index (χ3n) is 2.91. The summed E-state index contributed by atoms with van der Waals surface area (Å²) < 4.78 is 26.2. The third kappa shape index (κ3) is 3.37. The fourth-order valence-corrected chi connectivity index (χ4v) is 3.21. The smallest absolute Gasteiger partial charge is 0.264 e. The predicted octanol–water partition coefficient (Wildman–Crippen LogP) is 3.54. The topological polar surface area (TPSA) is 54.5 Å². The zero-order valence-electron chi connectivity index (χ0n) is 11.0. The van der Waals surface area contributed by atoms with Crippen LogP contribution in [0.1, 0.15) is 10.4 Å². The number of rotatable bonds is 4. The first kappa shape index (κ1) is 15.8. The van der Waals surface area contributed by atoms with E-state index in [1.807, 2.05) is 0 Å². The van der Waals surface area contributed by atoms with Gasteiger partial charge in [-0.25, -0.2) is 8.42 Å². The van der Waals surface area contributed by atoms with Crippen molar-refractivity contribution in [3.63, 3.8) is 0 Å². The number of nitrogens with zero attached hydrogens (tertiary/aromatic N) is 1. The molecule has 2 rings (SSSR count). The number of halogens is 2. The van der Waals surface area contributed by atoms with Crippen LogP contribution in [0, 0.1) is 0 Å². The lowest BCUT2D eigenvalue weighted by atomic mass is 10.2. The molecule has 4 nitrogen and oxygen atoms in total. The Kier molecular flexibility index (Phi) is 4.56. The molecule has 21 heavy (non-hydrogen) atoms. The Bertz CT molecular complexity index is 773. The van der Waals surface area contributed by atoms with Crippen molar-refractivity contribution in [2.75, 3.05) is 11.4 Å². The summed E-state index contributed by atoms with van der Waals surface area (Å²) in [6.45, 7) is 0. The number of benzene rings is 2. The van der Waals surface area contributed by atoms with Gasteiger partial charge in [0, 0.05) is 17.6 Å². The lowest BCUT2D eigenvalue weighted by Crippen LogP contribution is -2.26. The second-order valence-electron chi connectivity index (χ2n) is 4.25. The van der Waals surface area contributed by atoms with Crippen molar-refractivity contribution in [1.29, 1.82) is 0 Å². The van der Waals surface area contributed by atoms with Gasteiger partial charge in [-0.05, 0) is 48.0 Å². The molecule has 2 aromatic rings. The first-order valence-corrected chi connectivity index (χ1v) is 8.06. The van der Waals surface area contributed by atoms with E-state index in [1.54, 1.807) is 24.3 Å². The molecular weight excluding hydrogens is 333 g/mol. The fourth-order valence-electron chi connectivity index (χ4n) is 1.73. The molecule has 0 N–H and O–H groups in total. The molecule has 0 aliphatic heterocycles. The van der Waals surface area contributed by atoms with Crippen LogP contribution >= 0.6 is 23.2 Å². The number of hydrogen-bond donors (Lipinski definition) is 0. The van der Waals surface area contributed by atoms with Crippen molar-refractivity contribution in [1.82, 2.24) is 0 Å². The van der Waals surface area contributed by atoms with E-state index in [-0.39, 0.29) is 10.5 Å². The summed E-state index contributed by atoms with van der Waals surface area (Å²) in [6.07, 6.45) is 0. The standard InChI is InChI=1S/C14H11Cl2NO3S/c1-17(12-7-5-11(15)6-8-12)21(19,20)13-4-2-3-10(9-13)14(16)18/h2-9H,1H3. The van der Waals surface area contributed by atoms with Gasteiger partial charge in [-0.2, -0.15) is 0 Å². The normalized spacial score (nSPS) is 11.2. The summed E-state index contributed by atoms with van der Waals surface area (Å²) in [6, 6.07) is 12.0. The first-order chi connectivity index (χ1) is 9.82. The molecule has 0 heterocycles. The fraction of sp³-hybridized carbons (Fsp3) is 0.0714. The largest absolute Gasteiger partial charge is 0.276 e. The van der Waals surface area contributed by atoms with Crippen molar-refractivity contribution < 1.29 is 13.2 Å². The Balaban J connectivity index is 2.44. The van der Waals surface area contributed by atoms with Crippen molar-refractivity contribution in [2.24, 2.45) is 0 Å². The summed E-state index contributed by atoms with van der Waals surface area (Å²) in [4.78, 5) is 11.1. The summed E-state index contributed by atoms with van der Waals surface area (Å²) >= 11 is 11.2. The molecule has 0 atom stereocenters. The average molecular weight is 344 g/mol. The van der Waals surface area contributed by atoms with Crippen molar-refractivity contribution in [3.8, 4) is 0 Å². The maximum atomic E-state index is 12.5. The molecule has 110 valence electrons. The Hall–Kier alpha value is -1.56. The Morgan fingerprint density at radius 1 is 1.10 bits per heavy atom. The van der Waals surface area contributed by atoms with Crippen LogP contribution in [-0.4, -0.2) is 20.7 Å². The lowest BCUT2D eigenvalue weighted by Gasteiger charge is -2.19. The highest BCUT2D eigenvalue weighted by atomic mass is 35.5. The molecule has 0 aliphatic carbocycles. The number of anilines is 1. The van der Waals surface area contributed by atoms with E-state index in [1.165, 1.54) is 31.3 Å². The van der Waals surface area contributed by atoms with Crippen molar-refractivity contribution in [2.45, 2.75) is 4.90 Å². The SMILES string of the molecule is CN(c1ccc(Cl)cc1)S(=O)(=O)c1cccc(C(=O)Cl)c1. The molecule has 0 aromatic heterocycles.